The van der Waals surface area contributed by atoms with Gasteiger partial charge in [0.05, 0.1) is 5.69 Å². The van der Waals surface area contributed by atoms with Crippen LogP contribution in [0.25, 0.3) is 22.5 Å². The molecule has 1 heterocycles. The van der Waals surface area contributed by atoms with Crippen LogP contribution in [0.2, 0.25) is 0 Å². The number of aromatic nitrogens is 1. The van der Waals surface area contributed by atoms with Crippen molar-refractivity contribution in [1.29, 1.82) is 0 Å². The number of aromatic hydroxyl groups is 1. The molecule has 0 aliphatic heterocycles. The SMILES string of the molecule is O=C(O)c1cc(-c2ccccc2)nc(-c2ccccc2)c1O. The van der Waals surface area contributed by atoms with E-state index in [9.17, 15) is 15.0 Å². The molecule has 0 fully saturated rings. The Hall–Kier alpha value is -3.14. The fourth-order valence-corrected chi connectivity index (χ4v) is 2.26. The molecule has 0 saturated heterocycles. The van der Waals surface area contributed by atoms with Crippen LogP contribution in [0.3, 0.4) is 0 Å². The summed E-state index contributed by atoms with van der Waals surface area (Å²) in [6, 6.07) is 19.7. The van der Waals surface area contributed by atoms with Crippen molar-refractivity contribution in [1.82, 2.24) is 4.98 Å². The van der Waals surface area contributed by atoms with Crippen molar-refractivity contribution in [3.8, 4) is 28.3 Å². The molecule has 3 aromatic rings. The van der Waals surface area contributed by atoms with E-state index in [0.717, 1.165) is 5.56 Å². The van der Waals surface area contributed by atoms with E-state index in [4.69, 9.17) is 0 Å². The number of aromatic carboxylic acids is 1. The zero-order chi connectivity index (χ0) is 15.5. The summed E-state index contributed by atoms with van der Waals surface area (Å²) in [5.74, 6) is -1.51. The highest BCUT2D eigenvalue weighted by atomic mass is 16.4. The predicted octanol–water partition coefficient (Wildman–Crippen LogP) is 3.82. The second-order valence-electron chi connectivity index (χ2n) is 4.79. The van der Waals surface area contributed by atoms with Gasteiger partial charge in [-0.05, 0) is 6.07 Å². The lowest BCUT2D eigenvalue weighted by Gasteiger charge is -2.10. The van der Waals surface area contributed by atoms with Crippen molar-refractivity contribution in [2.75, 3.05) is 0 Å². The standard InChI is InChI=1S/C18H13NO3/c20-17-14(18(21)22)11-15(12-7-3-1-4-8-12)19-16(17)13-9-5-2-6-10-13/h1-11,20H,(H,21,22). The van der Waals surface area contributed by atoms with E-state index in [-0.39, 0.29) is 17.0 Å². The normalized spacial score (nSPS) is 10.4. The van der Waals surface area contributed by atoms with Gasteiger partial charge in [-0.1, -0.05) is 60.7 Å². The van der Waals surface area contributed by atoms with Crippen molar-refractivity contribution in [2.45, 2.75) is 0 Å². The molecule has 0 unspecified atom stereocenters. The molecule has 0 aliphatic rings. The van der Waals surface area contributed by atoms with Crippen LogP contribution in [0.5, 0.6) is 5.75 Å². The number of carboxylic acid groups (broad SMARTS) is 1. The molecule has 22 heavy (non-hydrogen) atoms. The summed E-state index contributed by atoms with van der Waals surface area (Å²) in [4.78, 5) is 15.8. The van der Waals surface area contributed by atoms with Gasteiger partial charge in [0.1, 0.15) is 11.3 Å². The maximum absolute atomic E-state index is 11.4. The molecule has 2 aromatic carbocycles. The molecule has 0 radical (unpaired) electrons. The fourth-order valence-electron chi connectivity index (χ4n) is 2.26. The van der Waals surface area contributed by atoms with Crippen molar-refractivity contribution in [3.63, 3.8) is 0 Å². The Labute approximate surface area is 127 Å². The summed E-state index contributed by atoms with van der Waals surface area (Å²) in [5.41, 5.74) is 2.07. The maximum Gasteiger partial charge on any atom is 0.339 e. The van der Waals surface area contributed by atoms with E-state index >= 15 is 0 Å². The molecule has 4 heteroatoms. The lowest BCUT2D eigenvalue weighted by molar-refractivity contribution is 0.0693. The van der Waals surface area contributed by atoms with Gasteiger partial charge in [0.15, 0.2) is 5.75 Å². The van der Waals surface area contributed by atoms with E-state index in [1.165, 1.54) is 6.07 Å². The van der Waals surface area contributed by atoms with Gasteiger partial charge < -0.3 is 10.2 Å². The quantitative estimate of drug-likeness (QED) is 0.769. The summed E-state index contributed by atoms with van der Waals surface area (Å²) in [6.07, 6.45) is 0. The minimum atomic E-state index is -1.19. The van der Waals surface area contributed by atoms with Crippen LogP contribution in [0.1, 0.15) is 10.4 Å². The molecular weight excluding hydrogens is 278 g/mol. The molecule has 1 aromatic heterocycles. The first-order chi connectivity index (χ1) is 10.7. The summed E-state index contributed by atoms with van der Waals surface area (Å²) in [7, 11) is 0. The minimum Gasteiger partial charge on any atom is -0.505 e. The Morgan fingerprint density at radius 2 is 1.41 bits per heavy atom. The largest absolute Gasteiger partial charge is 0.505 e. The molecule has 2 N–H and O–H groups in total. The van der Waals surface area contributed by atoms with Gasteiger partial charge in [-0.2, -0.15) is 0 Å². The van der Waals surface area contributed by atoms with Gasteiger partial charge in [-0.15, -0.1) is 0 Å². The van der Waals surface area contributed by atoms with Gasteiger partial charge in [0.25, 0.3) is 0 Å². The van der Waals surface area contributed by atoms with Crippen LogP contribution in [0, 0.1) is 0 Å². The zero-order valence-electron chi connectivity index (χ0n) is 11.6. The van der Waals surface area contributed by atoms with Gasteiger partial charge in [-0.25, -0.2) is 9.78 Å². The minimum absolute atomic E-state index is 0.160. The first-order valence-electron chi connectivity index (χ1n) is 6.75. The summed E-state index contributed by atoms with van der Waals surface area (Å²) >= 11 is 0. The number of benzene rings is 2. The Balaban J connectivity index is 2.26. The Kier molecular flexibility index (Phi) is 3.58. The zero-order valence-corrected chi connectivity index (χ0v) is 11.6. The Morgan fingerprint density at radius 3 is 1.95 bits per heavy atom. The number of hydrogen-bond donors (Lipinski definition) is 2. The van der Waals surface area contributed by atoms with E-state index in [1.54, 1.807) is 12.1 Å². The van der Waals surface area contributed by atoms with Crippen molar-refractivity contribution >= 4 is 5.97 Å². The van der Waals surface area contributed by atoms with E-state index in [1.807, 2.05) is 48.5 Å². The van der Waals surface area contributed by atoms with Crippen LogP contribution < -0.4 is 0 Å². The highest BCUT2D eigenvalue weighted by molar-refractivity contribution is 5.95. The number of rotatable bonds is 3. The van der Waals surface area contributed by atoms with Crippen LogP contribution in [-0.2, 0) is 0 Å². The van der Waals surface area contributed by atoms with Gasteiger partial charge in [0.2, 0.25) is 0 Å². The smallest absolute Gasteiger partial charge is 0.339 e. The molecule has 0 amide bonds. The van der Waals surface area contributed by atoms with E-state index in [2.05, 4.69) is 4.98 Å². The van der Waals surface area contributed by atoms with Crippen LogP contribution in [0.15, 0.2) is 66.7 Å². The molecule has 0 saturated carbocycles. The van der Waals surface area contributed by atoms with Crippen LogP contribution in [0.4, 0.5) is 0 Å². The molecule has 0 spiro atoms. The molecule has 0 aliphatic carbocycles. The molecular formula is C18H13NO3. The highest BCUT2D eigenvalue weighted by Gasteiger charge is 2.18. The number of carbonyl (C=O) groups is 1. The van der Waals surface area contributed by atoms with E-state index < -0.39 is 5.97 Å². The van der Waals surface area contributed by atoms with Crippen molar-refractivity contribution in [2.24, 2.45) is 0 Å². The lowest BCUT2D eigenvalue weighted by Crippen LogP contribution is -2.01. The van der Waals surface area contributed by atoms with Crippen molar-refractivity contribution in [3.05, 3.63) is 72.3 Å². The molecule has 0 atom stereocenters. The number of carboxylic acids is 1. The first-order valence-corrected chi connectivity index (χ1v) is 6.75. The third kappa shape index (κ3) is 2.54. The molecule has 3 rings (SSSR count). The van der Waals surface area contributed by atoms with Gasteiger partial charge in [0, 0.05) is 11.1 Å². The second kappa shape index (κ2) is 5.69. The van der Waals surface area contributed by atoms with Crippen molar-refractivity contribution < 1.29 is 15.0 Å². The summed E-state index contributed by atoms with van der Waals surface area (Å²) < 4.78 is 0. The highest BCUT2D eigenvalue weighted by Crippen LogP contribution is 2.33. The van der Waals surface area contributed by atoms with E-state index in [0.29, 0.717) is 11.3 Å². The van der Waals surface area contributed by atoms with Crippen LogP contribution in [-0.4, -0.2) is 21.2 Å². The topological polar surface area (TPSA) is 70.4 Å². The van der Waals surface area contributed by atoms with Crippen LogP contribution >= 0.6 is 0 Å². The third-order valence-electron chi connectivity index (χ3n) is 3.34. The monoisotopic (exact) mass is 291 g/mol. The predicted molar refractivity (Wildman–Crippen MR) is 83.7 cm³/mol. The number of pyridine rings is 1. The summed E-state index contributed by atoms with van der Waals surface area (Å²) in [6.45, 7) is 0. The third-order valence-corrected chi connectivity index (χ3v) is 3.34. The second-order valence-corrected chi connectivity index (χ2v) is 4.79. The number of hydrogen-bond acceptors (Lipinski definition) is 3. The Bertz CT molecular complexity index is 814. The average molecular weight is 291 g/mol. The first kappa shape index (κ1) is 13.8. The van der Waals surface area contributed by atoms with Gasteiger partial charge in [-0.3, -0.25) is 0 Å². The summed E-state index contributed by atoms with van der Waals surface area (Å²) in [5, 5.41) is 19.6. The fraction of sp³-hybridized carbons (Fsp3) is 0. The van der Waals surface area contributed by atoms with Gasteiger partial charge >= 0.3 is 5.97 Å². The molecule has 108 valence electrons. The maximum atomic E-state index is 11.4. The molecule has 4 nitrogen and oxygen atoms in total. The average Bonchev–Trinajstić information content (AvgIpc) is 2.56. The number of nitrogens with zero attached hydrogens (tertiary/aromatic N) is 1. The lowest BCUT2D eigenvalue weighted by atomic mass is 10.0. The Morgan fingerprint density at radius 1 is 0.864 bits per heavy atom. The molecule has 0 bridgehead atoms.